The van der Waals surface area contributed by atoms with Crippen molar-refractivity contribution in [1.82, 2.24) is 4.72 Å². The van der Waals surface area contributed by atoms with E-state index in [-0.39, 0.29) is 28.3 Å². The van der Waals surface area contributed by atoms with Crippen molar-refractivity contribution in [3.05, 3.63) is 58.9 Å². The summed E-state index contributed by atoms with van der Waals surface area (Å²) in [5.74, 6) is -0.782. The van der Waals surface area contributed by atoms with E-state index in [1.165, 1.54) is 30.3 Å². The molecule has 26 heavy (non-hydrogen) atoms. The summed E-state index contributed by atoms with van der Waals surface area (Å²) in [6, 6.07) is 10.5. The summed E-state index contributed by atoms with van der Waals surface area (Å²) >= 11 is 5.68. The van der Waals surface area contributed by atoms with Gasteiger partial charge in [-0.2, -0.15) is 0 Å². The maximum absolute atomic E-state index is 13.1. The van der Waals surface area contributed by atoms with Crippen molar-refractivity contribution in [3.63, 3.8) is 0 Å². The topological polar surface area (TPSA) is 75.3 Å². The van der Waals surface area contributed by atoms with Crippen LogP contribution in [0.2, 0.25) is 5.02 Å². The molecule has 1 amide bonds. The number of hydrogen-bond acceptors (Lipinski definition) is 3. The molecule has 1 fully saturated rings. The Labute approximate surface area is 156 Å². The number of sulfonamides is 1. The lowest BCUT2D eigenvalue weighted by Crippen LogP contribution is -2.25. The molecule has 5 nitrogen and oxygen atoms in total. The zero-order valence-electron chi connectivity index (χ0n) is 13.8. The fourth-order valence-corrected chi connectivity index (χ4v) is 3.86. The minimum absolute atomic E-state index is 0.0561. The van der Waals surface area contributed by atoms with E-state index in [0.29, 0.717) is 12.1 Å². The minimum atomic E-state index is -3.47. The van der Waals surface area contributed by atoms with Crippen LogP contribution in [-0.4, -0.2) is 20.4 Å². The van der Waals surface area contributed by atoms with Crippen molar-refractivity contribution in [2.24, 2.45) is 0 Å². The Hall–Kier alpha value is -1.96. The predicted octanol–water partition coefficient (Wildman–Crippen LogP) is 3.49. The second-order valence-electron chi connectivity index (χ2n) is 6.22. The van der Waals surface area contributed by atoms with Crippen molar-refractivity contribution < 1.29 is 17.6 Å². The number of rotatable bonds is 7. The lowest BCUT2D eigenvalue weighted by atomic mass is 10.1. The van der Waals surface area contributed by atoms with Gasteiger partial charge >= 0.3 is 0 Å². The number of benzene rings is 2. The number of carbonyl (C=O) groups is 1. The smallest absolute Gasteiger partial charge is 0.240 e. The summed E-state index contributed by atoms with van der Waals surface area (Å²) in [6.07, 6.45) is 2.43. The number of hydrogen-bond donors (Lipinski definition) is 2. The van der Waals surface area contributed by atoms with Crippen molar-refractivity contribution in [2.75, 3.05) is 5.32 Å². The van der Waals surface area contributed by atoms with Crippen molar-refractivity contribution >= 4 is 33.2 Å². The Morgan fingerprint density at radius 1 is 1.15 bits per heavy atom. The normalized spacial score (nSPS) is 14.2. The van der Waals surface area contributed by atoms with E-state index in [4.69, 9.17) is 11.6 Å². The molecule has 1 aliphatic rings. The van der Waals surface area contributed by atoms with E-state index in [1.807, 2.05) is 0 Å². The van der Waals surface area contributed by atoms with E-state index in [9.17, 15) is 17.6 Å². The number of aryl methyl sites for hydroxylation is 1. The first-order valence-electron chi connectivity index (χ1n) is 8.20. The highest BCUT2D eigenvalue weighted by atomic mass is 35.5. The van der Waals surface area contributed by atoms with Gasteiger partial charge in [-0.05, 0) is 55.2 Å². The van der Waals surface area contributed by atoms with Gasteiger partial charge in [0.05, 0.1) is 9.92 Å². The van der Waals surface area contributed by atoms with Gasteiger partial charge in [-0.1, -0.05) is 23.7 Å². The van der Waals surface area contributed by atoms with Crippen LogP contribution in [0, 0.1) is 5.82 Å². The first-order chi connectivity index (χ1) is 12.3. The molecule has 2 aromatic carbocycles. The lowest BCUT2D eigenvalue weighted by molar-refractivity contribution is -0.116. The standard InChI is InChI=1S/C18H18ClFN2O3S/c19-16-11-14(6-9-17(16)20)21-18(23)10-3-12-1-7-15(8-2-12)26(24,25)22-13-4-5-13/h1-2,6-9,11,13,22H,3-5,10H2,(H,21,23). The summed E-state index contributed by atoms with van der Waals surface area (Å²) in [7, 11) is -3.47. The molecule has 0 aliphatic heterocycles. The van der Waals surface area contributed by atoms with Crippen LogP contribution < -0.4 is 10.0 Å². The van der Waals surface area contributed by atoms with E-state index in [0.717, 1.165) is 18.4 Å². The highest BCUT2D eigenvalue weighted by Crippen LogP contribution is 2.22. The van der Waals surface area contributed by atoms with Gasteiger partial charge in [0.1, 0.15) is 5.82 Å². The molecule has 2 N–H and O–H groups in total. The monoisotopic (exact) mass is 396 g/mol. The van der Waals surface area contributed by atoms with Crippen molar-refractivity contribution in [3.8, 4) is 0 Å². The molecule has 0 atom stereocenters. The van der Waals surface area contributed by atoms with Crippen LogP contribution >= 0.6 is 11.6 Å². The van der Waals surface area contributed by atoms with Gasteiger partial charge in [0, 0.05) is 18.2 Å². The molecule has 0 heterocycles. The third-order valence-electron chi connectivity index (χ3n) is 3.98. The van der Waals surface area contributed by atoms with E-state index in [1.54, 1.807) is 12.1 Å². The van der Waals surface area contributed by atoms with E-state index < -0.39 is 15.8 Å². The molecule has 3 rings (SSSR count). The molecule has 0 radical (unpaired) electrons. The Balaban J connectivity index is 1.54. The highest BCUT2D eigenvalue weighted by molar-refractivity contribution is 7.89. The van der Waals surface area contributed by atoms with Gasteiger partial charge in [0.2, 0.25) is 15.9 Å². The van der Waals surface area contributed by atoms with Gasteiger partial charge < -0.3 is 5.32 Å². The molecule has 2 aromatic rings. The number of nitrogens with one attached hydrogen (secondary N) is 2. The number of carbonyl (C=O) groups excluding carboxylic acids is 1. The summed E-state index contributed by atoms with van der Waals surface area (Å²) < 4.78 is 39.9. The maximum Gasteiger partial charge on any atom is 0.240 e. The summed E-state index contributed by atoms with van der Waals surface area (Å²) in [6.45, 7) is 0. The van der Waals surface area contributed by atoms with Crippen LogP contribution in [0.25, 0.3) is 0 Å². The Kier molecular flexibility index (Phi) is 5.60. The molecule has 0 bridgehead atoms. The average Bonchev–Trinajstić information content (AvgIpc) is 3.40. The van der Waals surface area contributed by atoms with Crippen LogP contribution in [0.3, 0.4) is 0 Å². The van der Waals surface area contributed by atoms with Crippen LogP contribution in [0.15, 0.2) is 47.4 Å². The van der Waals surface area contributed by atoms with Crippen LogP contribution in [0.5, 0.6) is 0 Å². The van der Waals surface area contributed by atoms with Crippen LogP contribution in [0.4, 0.5) is 10.1 Å². The SMILES string of the molecule is O=C(CCc1ccc(S(=O)(=O)NC2CC2)cc1)Nc1ccc(F)c(Cl)c1. The predicted molar refractivity (Wildman–Crippen MR) is 98.1 cm³/mol. The van der Waals surface area contributed by atoms with Gasteiger partial charge in [0.25, 0.3) is 0 Å². The fraction of sp³-hybridized carbons (Fsp3) is 0.278. The van der Waals surface area contributed by atoms with Gasteiger partial charge in [-0.3, -0.25) is 4.79 Å². The number of amides is 1. The third-order valence-corrected chi connectivity index (χ3v) is 5.80. The first-order valence-corrected chi connectivity index (χ1v) is 10.1. The first kappa shape index (κ1) is 18.8. The molecule has 0 aromatic heterocycles. The van der Waals surface area contributed by atoms with Crippen LogP contribution in [-0.2, 0) is 21.2 Å². The van der Waals surface area contributed by atoms with E-state index >= 15 is 0 Å². The summed E-state index contributed by atoms with van der Waals surface area (Å²) in [5, 5.41) is 2.59. The second-order valence-corrected chi connectivity index (χ2v) is 8.34. The summed E-state index contributed by atoms with van der Waals surface area (Å²) in [4.78, 5) is 12.2. The lowest BCUT2D eigenvalue weighted by Gasteiger charge is -2.08. The molecule has 0 unspecified atom stereocenters. The maximum atomic E-state index is 13.1. The largest absolute Gasteiger partial charge is 0.326 e. The Morgan fingerprint density at radius 3 is 2.46 bits per heavy atom. The number of halogens is 2. The van der Waals surface area contributed by atoms with E-state index in [2.05, 4.69) is 10.0 Å². The molecule has 0 saturated heterocycles. The van der Waals surface area contributed by atoms with Gasteiger partial charge in [-0.15, -0.1) is 0 Å². The average molecular weight is 397 g/mol. The summed E-state index contributed by atoms with van der Waals surface area (Å²) in [5.41, 5.74) is 1.27. The highest BCUT2D eigenvalue weighted by Gasteiger charge is 2.27. The molecule has 0 spiro atoms. The Morgan fingerprint density at radius 2 is 1.85 bits per heavy atom. The zero-order chi connectivity index (χ0) is 18.7. The Bertz CT molecular complexity index is 913. The molecular weight excluding hydrogens is 379 g/mol. The fourth-order valence-electron chi connectivity index (χ4n) is 2.38. The zero-order valence-corrected chi connectivity index (χ0v) is 15.4. The third kappa shape index (κ3) is 5.03. The van der Waals surface area contributed by atoms with Gasteiger partial charge in [0.15, 0.2) is 0 Å². The quantitative estimate of drug-likeness (QED) is 0.752. The molecular formula is C18H18ClFN2O3S. The number of anilines is 1. The minimum Gasteiger partial charge on any atom is -0.326 e. The molecule has 1 aliphatic carbocycles. The van der Waals surface area contributed by atoms with Crippen molar-refractivity contribution in [1.29, 1.82) is 0 Å². The molecule has 138 valence electrons. The van der Waals surface area contributed by atoms with Gasteiger partial charge in [-0.25, -0.2) is 17.5 Å². The molecule has 8 heteroatoms. The molecule has 1 saturated carbocycles. The van der Waals surface area contributed by atoms with Crippen LogP contribution in [0.1, 0.15) is 24.8 Å². The van der Waals surface area contributed by atoms with Crippen molar-refractivity contribution in [2.45, 2.75) is 36.6 Å². The second kappa shape index (κ2) is 7.73.